The Kier molecular flexibility index (Phi) is 7.10. The van der Waals surface area contributed by atoms with Crippen LogP contribution in [0.25, 0.3) is 27.9 Å². The number of nitrogen functional groups attached to an aromatic ring is 1. The molecular formula is C30H31N5O4S. The number of esters is 1. The smallest absolute Gasteiger partial charge is 0.336 e. The minimum atomic E-state index is -0.431. The van der Waals surface area contributed by atoms with Gasteiger partial charge in [-0.05, 0) is 63.1 Å². The molecule has 0 bridgehead atoms. The summed E-state index contributed by atoms with van der Waals surface area (Å²) in [7, 11) is 0. The van der Waals surface area contributed by atoms with Crippen LogP contribution < -0.4 is 15.8 Å². The van der Waals surface area contributed by atoms with Crippen molar-refractivity contribution in [1.82, 2.24) is 19.9 Å². The molecule has 1 fully saturated rings. The van der Waals surface area contributed by atoms with E-state index in [-0.39, 0.29) is 35.1 Å². The van der Waals surface area contributed by atoms with Gasteiger partial charge < -0.3 is 20.5 Å². The van der Waals surface area contributed by atoms with Crippen LogP contribution in [0.4, 0.5) is 5.82 Å². The molecule has 0 radical (unpaired) electrons. The molecule has 1 aliphatic carbocycles. The van der Waals surface area contributed by atoms with Crippen LogP contribution in [0.5, 0.6) is 5.75 Å². The van der Waals surface area contributed by atoms with Crippen molar-refractivity contribution < 1.29 is 19.1 Å². The number of para-hydroxylation sites is 2. The van der Waals surface area contributed by atoms with E-state index >= 15 is 0 Å². The number of hydrogen-bond donors (Lipinski definition) is 2. The maximum absolute atomic E-state index is 14.0. The standard InChI is InChI=1S/C30H31N5O4S/c1-3-38-18-15-13-17(14-16-18)35-26(31)24(25-27(35)33-21-11-7-6-10-20(21)32-25)28(36)34-29-23(30(37)39-4-2)19-9-5-8-12-22(19)40-29/h6-7,10-11,13-16,19,22H,3-5,8-9,12,31H2,1-2H3,(H,34,36)/t19-,22-/m1/s1. The maximum atomic E-state index is 14.0. The van der Waals surface area contributed by atoms with Crippen LogP contribution in [0.1, 0.15) is 49.9 Å². The fourth-order valence-electron chi connectivity index (χ4n) is 5.67. The molecule has 2 atom stereocenters. The number of nitrogens with two attached hydrogens (primary N) is 1. The molecule has 0 saturated heterocycles. The number of carbonyl (C=O) groups is 2. The van der Waals surface area contributed by atoms with Gasteiger partial charge in [0.2, 0.25) is 0 Å². The van der Waals surface area contributed by atoms with E-state index in [2.05, 4.69) is 5.32 Å². The molecule has 206 valence electrons. The number of ether oxygens (including phenoxy) is 2. The van der Waals surface area contributed by atoms with E-state index in [9.17, 15) is 9.59 Å². The first-order chi connectivity index (χ1) is 19.5. The molecule has 0 spiro atoms. The summed E-state index contributed by atoms with van der Waals surface area (Å²) < 4.78 is 12.7. The molecule has 40 heavy (non-hydrogen) atoms. The van der Waals surface area contributed by atoms with Crippen LogP contribution in [0.3, 0.4) is 0 Å². The number of amides is 1. The second kappa shape index (κ2) is 10.8. The van der Waals surface area contributed by atoms with Crippen LogP contribution in [-0.2, 0) is 9.53 Å². The predicted molar refractivity (Wildman–Crippen MR) is 156 cm³/mol. The summed E-state index contributed by atoms with van der Waals surface area (Å²) in [4.78, 5) is 36.7. The Labute approximate surface area is 236 Å². The van der Waals surface area contributed by atoms with Gasteiger partial charge in [0.1, 0.15) is 22.6 Å². The first-order valence-electron chi connectivity index (χ1n) is 13.7. The van der Waals surface area contributed by atoms with E-state index in [1.807, 2.05) is 55.5 Å². The van der Waals surface area contributed by atoms with Gasteiger partial charge in [-0.25, -0.2) is 14.8 Å². The van der Waals surface area contributed by atoms with Gasteiger partial charge in [0.05, 0.1) is 34.8 Å². The van der Waals surface area contributed by atoms with Crippen molar-refractivity contribution >= 4 is 51.7 Å². The summed E-state index contributed by atoms with van der Waals surface area (Å²) in [6.07, 6.45) is 4.06. The monoisotopic (exact) mass is 557 g/mol. The summed E-state index contributed by atoms with van der Waals surface area (Å²) in [6.45, 7) is 4.55. The quantitative estimate of drug-likeness (QED) is 0.291. The van der Waals surface area contributed by atoms with E-state index in [1.165, 1.54) is 0 Å². The van der Waals surface area contributed by atoms with E-state index in [0.29, 0.717) is 39.4 Å². The van der Waals surface area contributed by atoms with Crippen molar-refractivity contribution in [3.8, 4) is 11.4 Å². The van der Waals surface area contributed by atoms with Crippen LogP contribution in [0.2, 0.25) is 0 Å². The zero-order valence-corrected chi connectivity index (χ0v) is 23.3. The molecular weight excluding hydrogens is 526 g/mol. The normalized spacial score (nSPS) is 18.6. The third-order valence-electron chi connectivity index (χ3n) is 7.44. The average Bonchev–Trinajstić information content (AvgIpc) is 3.46. The van der Waals surface area contributed by atoms with Crippen LogP contribution >= 0.6 is 11.8 Å². The number of nitrogens with zero attached hydrogens (tertiary/aromatic N) is 3. The highest BCUT2D eigenvalue weighted by molar-refractivity contribution is 8.04. The zero-order valence-electron chi connectivity index (χ0n) is 22.5. The maximum Gasteiger partial charge on any atom is 0.336 e. The Morgan fingerprint density at radius 1 is 1.02 bits per heavy atom. The second-order valence-corrected chi connectivity index (χ2v) is 11.1. The molecule has 1 amide bonds. The molecule has 2 aromatic heterocycles. The van der Waals surface area contributed by atoms with Gasteiger partial charge in [-0.1, -0.05) is 25.0 Å². The van der Waals surface area contributed by atoms with E-state index in [1.54, 1.807) is 23.3 Å². The molecule has 2 aliphatic rings. The molecule has 1 aliphatic heterocycles. The highest BCUT2D eigenvalue weighted by atomic mass is 32.2. The number of rotatable bonds is 7. The van der Waals surface area contributed by atoms with E-state index in [4.69, 9.17) is 25.2 Å². The first kappa shape index (κ1) is 26.2. The largest absolute Gasteiger partial charge is 0.494 e. The number of carbonyl (C=O) groups excluding carboxylic acids is 2. The lowest BCUT2D eigenvalue weighted by Gasteiger charge is -2.25. The number of benzene rings is 2. The van der Waals surface area contributed by atoms with Gasteiger partial charge in [-0.15, -0.1) is 11.8 Å². The van der Waals surface area contributed by atoms with Gasteiger partial charge in [-0.3, -0.25) is 9.36 Å². The topological polar surface area (TPSA) is 121 Å². The van der Waals surface area contributed by atoms with Gasteiger partial charge in [0.15, 0.2) is 5.65 Å². The Hall–Kier alpha value is -4.05. The minimum Gasteiger partial charge on any atom is -0.494 e. The molecule has 3 heterocycles. The van der Waals surface area contributed by atoms with Gasteiger partial charge >= 0.3 is 5.97 Å². The number of thioether (sulfide) groups is 1. The van der Waals surface area contributed by atoms with Crippen molar-refractivity contribution in [2.45, 2.75) is 44.8 Å². The summed E-state index contributed by atoms with van der Waals surface area (Å²) in [5.74, 6) is 0.217. The van der Waals surface area contributed by atoms with Crippen molar-refractivity contribution in [3.63, 3.8) is 0 Å². The summed E-state index contributed by atoms with van der Waals surface area (Å²) in [5, 5.41) is 3.83. The lowest BCUT2D eigenvalue weighted by atomic mass is 9.84. The summed E-state index contributed by atoms with van der Waals surface area (Å²) in [5.41, 5.74) is 10.4. The Morgan fingerprint density at radius 3 is 2.48 bits per heavy atom. The van der Waals surface area contributed by atoms with E-state index < -0.39 is 5.91 Å². The van der Waals surface area contributed by atoms with Crippen LogP contribution in [0, 0.1) is 5.92 Å². The number of nitrogens with one attached hydrogen (secondary N) is 1. The molecule has 2 aromatic carbocycles. The molecule has 10 heteroatoms. The minimum absolute atomic E-state index is 0.0689. The van der Waals surface area contributed by atoms with Crippen LogP contribution in [0.15, 0.2) is 59.1 Å². The highest BCUT2D eigenvalue weighted by Crippen LogP contribution is 2.48. The fraction of sp³-hybridized carbons (Fsp3) is 0.333. The van der Waals surface area contributed by atoms with Gasteiger partial charge in [0, 0.05) is 16.9 Å². The fourth-order valence-corrected chi connectivity index (χ4v) is 7.21. The average molecular weight is 558 g/mol. The van der Waals surface area contributed by atoms with Gasteiger partial charge in [0.25, 0.3) is 5.91 Å². The van der Waals surface area contributed by atoms with Crippen molar-refractivity contribution in [2.24, 2.45) is 5.92 Å². The lowest BCUT2D eigenvalue weighted by molar-refractivity contribution is -0.139. The number of fused-ring (bicyclic) bond motifs is 3. The summed E-state index contributed by atoms with van der Waals surface area (Å²) >= 11 is 1.55. The zero-order chi connectivity index (χ0) is 27.8. The Morgan fingerprint density at radius 2 is 1.75 bits per heavy atom. The van der Waals surface area contributed by atoms with Crippen LogP contribution in [-0.4, -0.2) is 44.9 Å². The molecule has 4 aromatic rings. The third kappa shape index (κ3) is 4.56. The first-order valence-corrected chi connectivity index (χ1v) is 14.6. The molecule has 6 rings (SSSR count). The number of anilines is 1. The molecule has 1 saturated carbocycles. The van der Waals surface area contributed by atoms with Crippen molar-refractivity contribution in [1.29, 1.82) is 0 Å². The molecule has 9 nitrogen and oxygen atoms in total. The van der Waals surface area contributed by atoms with E-state index in [0.717, 1.165) is 37.1 Å². The number of hydrogen-bond acceptors (Lipinski definition) is 8. The lowest BCUT2D eigenvalue weighted by Crippen LogP contribution is -2.26. The van der Waals surface area contributed by atoms with Gasteiger partial charge in [-0.2, -0.15) is 0 Å². The predicted octanol–water partition coefficient (Wildman–Crippen LogP) is 5.36. The molecule has 3 N–H and O–H groups in total. The van der Waals surface area contributed by atoms with Crippen molar-refractivity contribution in [3.05, 3.63) is 64.7 Å². The second-order valence-electron chi connectivity index (χ2n) is 9.87. The summed E-state index contributed by atoms with van der Waals surface area (Å²) in [6, 6.07) is 15.0. The Bertz CT molecular complexity index is 1650. The highest BCUT2D eigenvalue weighted by Gasteiger charge is 2.42. The van der Waals surface area contributed by atoms with Crippen molar-refractivity contribution in [2.75, 3.05) is 18.9 Å². The Balaban J connectivity index is 1.47. The SMILES string of the molecule is CCOC(=O)C1=C(NC(=O)c2c(N)n(-c3ccc(OCC)cc3)c3nc4ccccc4nc23)S[C@@H]2CCCC[C@@H]12. The number of aromatic nitrogens is 3. The molecule has 0 unspecified atom stereocenters. The third-order valence-corrected chi connectivity index (χ3v) is 8.87.